The van der Waals surface area contributed by atoms with Crippen LogP contribution in [0.2, 0.25) is 0 Å². The second-order valence-electron chi connectivity index (χ2n) is 6.68. The molecule has 28 heavy (non-hydrogen) atoms. The van der Waals surface area contributed by atoms with E-state index in [1.54, 1.807) is 38.4 Å². The zero-order valence-corrected chi connectivity index (χ0v) is 16.1. The van der Waals surface area contributed by atoms with Crippen LogP contribution in [0.25, 0.3) is 11.1 Å². The molecular weight excluding hydrogens is 355 g/mol. The van der Waals surface area contributed by atoms with Crippen molar-refractivity contribution in [3.63, 3.8) is 0 Å². The molecule has 0 saturated carbocycles. The molecule has 144 valence electrons. The lowest BCUT2D eigenvalue weighted by atomic mass is 9.96. The van der Waals surface area contributed by atoms with Crippen molar-refractivity contribution in [3.8, 4) is 16.9 Å². The third-order valence-corrected chi connectivity index (χ3v) is 4.77. The van der Waals surface area contributed by atoms with Gasteiger partial charge in [0.05, 0.1) is 31.0 Å². The highest BCUT2D eigenvalue weighted by atomic mass is 19.1. The van der Waals surface area contributed by atoms with E-state index in [2.05, 4.69) is 10.3 Å². The number of rotatable bonds is 6. The third-order valence-electron chi connectivity index (χ3n) is 4.77. The second-order valence-corrected chi connectivity index (χ2v) is 6.68. The Morgan fingerprint density at radius 3 is 2.43 bits per heavy atom. The second kappa shape index (κ2) is 8.65. The van der Waals surface area contributed by atoms with Gasteiger partial charge in [0, 0.05) is 5.56 Å². The van der Waals surface area contributed by atoms with E-state index in [1.165, 1.54) is 6.07 Å². The van der Waals surface area contributed by atoms with Gasteiger partial charge in [0.1, 0.15) is 11.6 Å². The van der Waals surface area contributed by atoms with Crippen LogP contribution in [-0.2, 0) is 4.79 Å². The average molecular weight is 378 g/mol. The number of halogens is 1. The molecule has 1 aromatic heterocycles. The molecule has 0 fully saturated rings. The van der Waals surface area contributed by atoms with Crippen LogP contribution in [0.3, 0.4) is 0 Å². The highest BCUT2D eigenvalue weighted by Crippen LogP contribution is 2.26. The summed E-state index contributed by atoms with van der Waals surface area (Å²) in [6.07, 6.45) is 1.61. The van der Waals surface area contributed by atoms with Crippen molar-refractivity contribution in [1.82, 2.24) is 10.3 Å². The molecule has 5 heteroatoms. The molecule has 0 radical (unpaired) electrons. The number of pyridine rings is 1. The number of nitrogens with one attached hydrogen (secondary N) is 1. The summed E-state index contributed by atoms with van der Waals surface area (Å²) in [5.74, 6) is -0.352. The number of hydrogen-bond donors (Lipinski definition) is 1. The van der Waals surface area contributed by atoms with E-state index in [0.717, 1.165) is 11.3 Å². The molecule has 3 rings (SSSR count). The number of hydrogen-bond acceptors (Lipinski definition) is 3. The standard InChI is InChI=1S/C23H23FN2O2/c1-15(23(27)26-16(2)22-12-10-19(28-3)14-25-22)18-9-11-20(21(24)13-18)17-7-5-4-6-8-17/h4-16H,1-3H3,(H,26,27)/t15-,16+/m0/s1. The van der Waals surface area contributed by atoms with E-state index in [9.17, 15) is 9.18 Å². The van der Waals surface area contributed by atoms with Crippen LogP contribution in [0.15, 0.2) is 66.9 Å². The summed E-state index contributed by atoms with van der Waals surface area (Å²) in [6, 6.07) is 17.6. The number of ether oxygens (including phenoxy) is 1. The fourth-order valence-electron chi connectivity index (χ4n) is 2.98. The normalized spacial score (nSPS) is 12.9. The van der Waals surface area contributed by atoms with Crippen LogP contribution in [0.4, 0.5) is 4.39 Å². The first-order valence-corrected chi connectivity index (χ1v) is 9.14. The minimum Gasteiger partial charge on any atom is -0.495 e. The molecule has 0 spiro atoms. The van der Waals surface area contributed by atoms with Crippen LogP contribution in [0.1, 0.15) is 37.1 Å². The van der Waals surface area contributed by atoms with Crippen LogP contribution >= 0.6 is 0 Å². The van der Waals surface area contributed by atoms with E-state index in [1.807, 2.05) is 43.3 Å². The largest absolute Gasteiger partial charge is 0.495 e. The maximum Gasteiger partial charge on any atom is 0.227 e. The Labute approximate surface area is 164 Å². The van der Waals surface area contributed by atoms with Crippen LogP contribution in [-0.4, -0.2) is 18.0 Å². The van der Waals surface area contributed by atoms with Crippen molar-refractivity contribution in [3.05, 3.63) is 83.9 Å². The minimum absolute atomic E-state index is 0.183. The van der Waals surface area contributed by atoms with Crippen molar-refractivity contribution >= 4 is 5.91 Å². The van der Waals surface area contributed by atoms with Crippen LogP contribution in [0, 0.1) is 5.82 Å². The molecule has 0 aliphatic heterocycles. The van der Waals surface area contributed by atoms with E-state index in [4.69, 9.17) is 4.74 Å². The SMILES string of the molecule is COc1ccc([C@@H](C)NC(=O)[C@@H](C)c2ccc(-c3ccccc3)c(F)c2)nc1. The molecule has 0 saturated heterocycles. The summed E-state index contributed by atoms with van der Waals surface area (Å²) >= 11 is 0. The zero-order chi connectivity index (χ0) is 20.1. The highest BCUT2D eigenvalue weighted by molar-refractivity contribution is 5.83. The van der Waals surface area contributed by atoms with Gasteiger partial charge in [-0.25, -0.2) is 4.39 Å². The first kappa shape index (κ1) is 19.5. The van der Waals surface area contributed by atoms with Gasteiger partial charge in [0.2, 0.25) is 5.91 Å². The van der Waals surface area contributed by atoms with E-state index in [0.29, 0.717) is 16.9 Å². The van der Waals surface area contributed by atoms with E-state index >= 15 is 0 Å². The fourth-order valence-corrected chi connectivity index (χ4v) is 2.98. The number of carbonyl (C=O) groups is 1. The number of amides is 1. The Bertz CT molecular complexity index is 943. The summed E-state index contributed by atoms with van der Waals surface area (Å²) in [7, 11) is 1.58. The topological polar surface area (TPSA) is 51.2 Å². The Balaban J connectivity index is 1.71. The Kier molecular flexibility index (Phi) is 6.04. The van der Waals surface area contributed by atoms with Gasteiger partial charge in [0.15, 0.2) is 0 Å². The van der Waals surface area contributed by atoms with Gasteiger partial charge in [-0.05, 0) is 43.2 Å². The van der Waals surface area contributed by atoms with E-state index in [-0.39, 0.29) is 17.8 Å². The number of benzene rings is 2. The Hall–Kier alpha value is -3.21. The summed E-state index contributed by atoms with van der Waals surface area (Å²) in [6.45, 7) is 3.62. The Morgan fingerprint density at radius 2 is 1.82 bits per heavy atom. The van der Waals surface area contributed by atoms with Gasteiger partial charge in [0.25, 0.3) is 0 Å². The quantitative estimate of drug-likeness (QED) is 0.665. The van der Waals surface area contributed by atoms with Crippen LogP contribution in [0.5, 0.6) is 5.75 Å². The zero-order valence-electron chi connectivity index (χ0n) is 16.1. The lowest BCUT2D eigenvalue weighted by molar-refractivity contribution is -0.122. The van der Waals surface area contributed by atoms with Crippen molar-refractivity contribution < 1.29 is 13.9 Å². The van der Waals surface area contributed by atoms with Gasteiger partial charge in [-0.2, -0.15) is 0 Å². The lowest BCUT2D eigenvalue weighted by Crippen LogP contribution is -2.31. The Morgan fingerprint density at radius 1 is 1.07 bits per heavy atom. The minimum atomic E-state index is -0.486. The average Bonchev–Trinajstić information content (AvgIpc) is 2.73. The molecule has 3 aromatic rings. The molecule has 1 N–H and O–H groups in total. The van der Waals surface area contributed by atoms with Gasteiger partial charge in [-0.1, -0.05) is 42.5 Å². The third kappa shape index (κ3) is 4.36. The van der Waals surface area contributed by atoms with Crippen molar-refractivity contribution in [2.75, 3.05) is 7.11 Å². The summed E-state index contributed by atoms with van der Waals surface area (Å²) in [5, 5.41) is 2.93. The summed E-state index contributed by atoms with van der Waals surface area (Å²) in [4.78, 5) is 16.9. The fraction of sp³-hybridized carbons (Fsp3) is 0.217. The molecular formula is C23H23FN2O2. The molecule has 0 aliphatic rings. The number of carbonyl (C=O) groups excluding carboxylic acids is 1. The smallest absolute Gasteiger partial charge is 0.227 e. The van der Waals surface area contributed by atoms with Gasteiger partial charge in [-0.15, -0.1) is 0 Å². The molecule has 0 aliphatic carbocycles. The van der Waals surface area contributed by atoms with Crippen molar-refractivity contribution in [2.24, 2.45) is 0 Å². The maximum atomic E-state index is 14.6. The van der Waals surface area contributed by atoms with Gasteiger partial charge >= 0.3 is 0 Å². The summed E-state index contributed by atoms with van der Waals surface area (Å²) in [5.41, 5.74) is 2.69. The predicted octanol–water partition coefficient (Wildman–Crippen LogP) is 4.88. The first-order chi connectivity index (χ1) is 13.5. The van der Waals surface area contributed by atoms with E-state index < -0.39 is 5.92 Å². The summed E-state index contributed by atoms with van der Waals surface area (Å²) < 4.78 is 19.7. The van der Waals surface area contributed by atoms with Crippen molar-refractivity contribution in [1.29, 1.82) is 0 Å². The molecule has 2 atom stereocenters. The predicted molar refractivity (Wildman–Crippen MR) is 108 cm³/mol. The maximum absolute atomic E-state index is 14.6. The molecule has 0 bridgehead atoms. The molecule has 1 heterocycles. The lowest BCUT2D eigenvalue weighted by Gasteiger charge is -2.18. The number of methoxy groups -OCH3 is 1. The number of aromatic nitrogens is 1. The first-order valence-electron chi connectivity index (χ1n) is 9.14. The number of nitrogens with zero attached hydrogens (tertiary/aromatic N) is 1. The molecule has 2 aromatic carbocycles. The van der Waals surface area contributed by atoms with Crippen molar-refractivity contribution in [2.45, 2.75) is 25.8 Å². The molecule has 1 amide bonds. The van der Waals surface area contributed by atoms with Gasteiger partial charge in [-0.3, -0.25) is 9.78 Å². The monoisotopic (exact) mass is 378 g/mol. The van der Waals surface area contributed by atoms with Gasteiger partial charge < -0.3 is 10.1 Å². The highest BCUT2D eigenvalue weighted by Gasteiger charge is 2.20. The molecule has 4 nitrogen and oxygen atoms in total. The van der Waals surface area contributed by atoms with Crippen LogP contribution < -0.4 is 10.1 Å². The molecule has 0 unspecified atom stereocenters.